The van der Waals surface area contributed by atoms with E-state index in [0.717, 1.165) is 29.1 Å². The fourth-order valence-electron chi connectivity index (χ4n) is 5.20. The van der Waals surface area contributed by atoms with E-state index in [0.29, 0.717) is 18.8 Å². The number of hydrogen-bond donors (Lipinski definition) is 1. The molecule has 2 saturated heterocycles. The molecule has 0 radical (unpaired) electrons. The Balaban J connectivity index is 1.59. The molecule has 2 fully saturated rings. The highest BCUT2D eigenvalue weighted by Gasteiger charge is 2.67. The van der Waals surface area contributed by atoms with Crippen molar-refractivity contribution < 1.29 is 18.4 Å². The number of nitrogens with one attached hydrogen (secondary N) is 1. The number of nitrogens with zero attached hydrogens (tertiary/aromatic N) is 2. The van der Waals surface area contributed by atoms with Gasteiger partial charge in [-0.05, 0) is 31.5 Å². The third-order valence-electron chi connectivity index (χ3n) is 6.44. The first-order chi connectivity index (χ1) is 14.5. The van der Waals surface area contributed by atoms with Gasteiger partial charge in [0.1, 0.15) is 5.54 Å². The van der Waals surface area contributed by atoms with Gasteiger partial charge in [-0.25, -0.2) is 8.78 Å². The summed E-state index contributed by atoms with van der Waals surface area (Å²) in [6.45, 7) is 2.44. The van der Waals surface area contributed by atoms with Gasteiger partial charge in [-0.2, -0.15) is 0 Å². The standard InChI is InChI=1S/C22H21F2N3O2S/c1-2-26-19-6-4-3-5-15(19)22(21(26)29)16(10-14-11-30-12-27(14)22)20(28)25-13-7-8-17(23)18(24)9-13/h3-9,14,16H,2,10-12H2,1H3,(H,25,28). The molecular formula is C22H21F2N3O2S. The van der Waals surface area contributed by atoms with E-state index in [1.54, 1.807) is 16.7 Å². The van der Waals surface area contributed by atoms with Gasteiger partial charge in [-0.1, -0.05) is 18.2 Å². The molecule has 30 heavy (non-hydrogen) atoms. The molecule has 2 aromatic carbocycles. The van der Waals surface area contributed by atoms with Gasteiger partial charge in [-0.15, -0.1) is 11.8 Å². The van der Waals surface area contributed by atoms with Gasteiger partial charge in [0.2, 0.25) is 5.91 Å². The molecule has 0 aromatic heterocycles. The maximum Gasteiger partial charge on any atom is 0.253 e. The topological polar surface area (TPSA) is 52.7 Å². The molecule has 5 nitrogen and oxygen atoms in total. The minimum absolute atomic E-state index is 0.0818. The maximum atomic E-state index is 13.8. The fourth-order valence-corrected chi connectivity index (χ4v) is 6.50. The molecule has 156 valence electrons. The lowest BCUT2D eigenvalue weighted by molar-refractivity contribution is -0.136. The Kier molecular flexibility index (Phi) is 4.59. The number of carbonyl (C=O) groups is 2. The van der Waals surface area contributed by atoms with E-state index in [2.05, 4.69) is 10.2 Å². The second kappa shape index (κ2) is 7.06. The molecule has 1 spiro atoms. The summed E-state index contributed by atoms with van der Waals surface area (Å²) in [6.07, 6.45) is 0.542. The van der Waals surface area contributed by atoms with Gasteiger partial charge in [0.15, 0.2) is 11.6 Å². The third kappa shape index (κ3) is 2.56. The average Bonchev–Trinajstić information content (AvgIpc) is 3.38. The third-order valence-corrected chi connectivity index (χ3v) is 7.52. The molecule has 8 heteroatoms. The second-order valence-electron chi connectivity index (χ2n) is 7.86. The quantitative estimate of drug-likeness (QED) is 0.811. The highest BCUT2D eigenvalue weighted by atomic mass is 32.2. The summed E-state index contributed by atoms with van der Waals surface area (Å²) >= 11 is 1.77. The predicted octanol–water partition coefficient (Wildman–Crippen LogP) is 3.56. The number of rotatable bonds is 3. The van der Waals surface area contributed by atoms with E-state index in [1.165, 1.54) is 6.07 Å². The van der Waals surface area contributed by atoms with Crippen LogP contribution in [0.5, 0.6) is 0 Å². The number of carbonyl (C=O) groups excluding carboxylic acids is 2. The van der Waals surface area contributed by atoms with Gasteiger partial charge in [-0.3, -0.25) is 14.5 Å². The molecule has 3 aliphatic heterocycles. The monoisotopic (exact) mass is 429 g/mol. The van der Waals surface area contributed by atoms with Gasteiger partial charge >= 0.3 is 0 Å². The van der Waals surface area contributed by atoms with Crippen LogP contribution in [-0.4, -0.2) is 40.9 Å². The number of amides is 2. The zero-order valence-corrected chi connectivity index (χ0v) is 17.2. The zero-order chi connectivity index (χ0) is 21.0. The molecular weight excluding hydrogens is 408 g/mol. The van der Waals surface area contributed by atoms with Crippen molar-refractivity contribution in [3.63, 3.8) is 0 Å². The van der Waals surface area contributed by atoms with Crippen LogP contribution in [0.3, 0.4) is 0 Å². The first-order valence-electron chi connectivity index (χ1n) is 10.00. The van der Waals surface area contributed by atoms with Crippen LogP contribution in [0.2, 0.25) is 0 Å². The number of likely N-dealkylation sites (N-methyl/N-ethyl adjacent to an activating group) is 1. The van der Waals surface area contributed by atoms with Crippen LogP contribution in [0.1, 0.15) is 18.9 Å². The van der Waals surface area contributed by atoms with Crippen molar-refractivity contribution in [2.75, 3.05) is 28.4 Å². The highest BCUT2D eigenvalue weighted by molar-refractivity contribution is 7.99. The Morgan fingerprint density at radius 3 is 2.80 bits per heavy atom. The van der Waals surface area contributed by atoms with Crippen molar-refractivity contribution in [3.8, 4) is 0 Å². The molecule has 3 heterocycles. The average molecular weight is 429 g/mol. The molecule has 3 unspecified atom stereocenters. The van der Waals surface area contributed by atoms with Crippen LogP contribution < -0.4 is 10.2 Å². The summed E-state index contributed by atoms with van der Waals surface area (Å²) in [6, 6.07) is 11.1. The number of anilines is 2. The van der Waals surface area contributed by atoms with Crippen molar-refractivity contribution in [3.05, 3.63) is 59.7 Å². The predicted molar refractivity (Wildman–Crippen MR) is 112 cm³/mol. The smallest absolute Gasteiger partial charge is 0.253 e. The minimum atomic E-state index is -1.07. The molecule has 3 atom stereocenters. The minimum Gasteiger partial charge on any atom is -0.326 e. The molecule has 0 saturated carbocycles. The Morgan fingerprint density at radius 2 is 2.03 bits per heavy atom. The zero-order valence-electron chi connectivity index (χ0n) is 16.4. The Labute approximate surface area is 177 Å². The Bertz CT molecular complexity index is 1050. The summed E-state index contributed by atoms with van der Waals surface area (Å²) < 4.78 is 26.9. The summed E-state index contributed by atoms with van der Waals surface area (Å²) in [5.74, 6) is -1.51. The lowest BCUT2D eigenvalue weighted by Gasteiger charge is -2.36. The van der Waals surface area contributed by atoms with Crippen molar-refractivity contribution in [2.45, 2.75) is 24.9 Å². The van der Waals surface area contributed by atoms with E-state index in [1.807, 2.05) is 31.2 Å². The van der Waals surface area contributed by atoms with Gasteiger partial charge in [0, 0.05) is 47.2 Å². The van der Waals surface area contributed by atoms with E-state index < -0.39 is 23.1 Å². The molecule has 5 rings (SSSR count). The van der Waals surface area contributed by atoms with E-state index in [4.69, 9.17) is 0 Å². The maximum absolute atomic E-state index is 13.8. The van der Waals surface area contributed by atoms with E-state index in [9.17, 15) is 18.4 Å². The lowest BCUT2D eigenvalue weighted by atomic mass is 9.79. The molecule has 3 aliphatic rings. The summed E-state index contributed by atoms with van der Waals surface area (Å²) in [7, 11) is 0. The number of thioether (sulfide) groups is 1. The summed E-state index contributed by atoms with van der Waals surface area (Å²) in [4.78, 5) is 31.2. The largest absolute Gasteiger partial charge is 0.326 e. The number of fused-ring (bicyclic) bond motifs is 4. The van der Waals surface area contributed by atoms with Crippen LogP contribution in [-0.2, 0) is 15.1 Å². The van der Waals surface area contributed by atoms with Gasteiger partial charge in [0.25, 0.3) is 5.91 Å². The number of para-hydroxylation sites is 1. The van der Waals surface area contributed by atoms with E-state index in [-0.39, 0.29) is 23.5 Å². The number of benzene rings is 2. The number of halogens is 2. The summed E-state index contributed by atoms with van der Waals surface area (Å²) in [5, 5.41) is 2.73. The van der Waals surface area contributed by atoms with Crippen molar-refractivity contribution >= 4 is 35.0 Å². The van der Waals surface area contributed by atoms with Crippen LogP contribution >= 0.6 is 11.8 Å². The van der Waals surface area contributed by atoms with E-state index >= 15 is 0 Å². The van der Waals surface area contributed by atoms with Crippen molar-refractivity contribution in [2.24, 2.45) is 5.92 Å². The van der Waals surface area contributed by atoms with Crippen LogP contribution in [0.15, 0.2) is 42.5 Å². The molecule has 0 aliphatic carbocycles. The van der Waals surface area contributed by atoms with Crippen LogP contribution in [0.25, 0.3) is 0 Å². The normalized spacial score (nSPS) is 27.6. The van der Waals surface area contributed by atoms with Crippen LogP contribution in [0, 0.1) is 17.6 Å². The molecule has 0 bridgehead atoms. The number of hydrogen-bond acceptors (Lipinski definition) is 4. The Hall–Kier alpha value is -2.45. The fraction of sp³-hybridized carbons (Fsp3) is 0.364. The highest BCUT2D eigenvalue weighted by Crippen LogP contribution is 2.57. The first-order valence-corrected chi connectivity index (χ1v) is 11.2. The van der Waals surface area contributed by atoms with Gasteiger partial charge in [0.05, 0.1) is 5.92 Å². The SMILES string of the molecule is CCN1C(=O)C2(c3ccccc31)C(C(=O)Nc1ccc(F)c(F)c1)CC1CSCN12. The van der Waals surface area contributed by atoms with Crippen LogP contribution in [0.4, 0.5) is 20.2 Å². The first kappa shape index (κ1) is 19.5. The molecule has 2 aromatic rings. The second-order valence-corrected chi connectivity index (χ2v) is 8.86. The van der Waals surface area contributed by atoms with Gasteiger partial charge < -0.3 is 10.2 Å². The molecule has 2 amide bonds. The van der Waals surface area contributed by atoms with Crippen molar-refractivity contribution in [1.82, 2.24) is 4.90 Å². The molecule has 1 N–H and O–H groups in total. The summed E-state index contributed by atoms with van der Waals surface area (Å²) in [5.41, 5.74) is 0.811. The Morgan fingerprint density at radius 1 is 1.23 bits per heavy atom. The lowest BCUT2D eigenvalue weighted by Crippen LogP contribution is -2.55. The van der Waals surface area contributed by atoms with Crippen molar-refractivity contribution in [1.29, 1.82) is 0 Å².